The van der Waals surface area contributed by atoms with E-state index < -0.39 is 10.0 Å². The molecule has 0 radical (unpaired) electrons. The number of hydrogen-bond acceptors (Lipinski definition) is 3. The van der Waals surface area contributed by atoms with Crippen LogP contribution in [0.15, 0.2) is 59.5 Å². The summed E-state index contributed by atoms with van der Waals surface area (Å²) in [7, 11) is -3.46. The fourth-order valence-corrected chi connectivity index (χ4v) is 4.39. The maximum absolute atomic E-state index is 12.6. The first-order valence-electron chi connectivity index (χ1n) is 7.41. The highest BCUT2D eigenvalue weighted by molar-refractivity contribution is 7.89. The second-order valence-electron chi connectivity index (χ2n) is 5.58. The Morgan fingerprint density at radius 1 is 0.909 bits per heavy atom. The van der Waals surface area contributed by atoms with Gasteiger partial charge in [-0.2, -0.15) is 4.31 Å². The fraction of sp³-hybridized carbons (Fsp3) is 0.294. The zero-order valence-corrected chi connectivity index (χ0v) is 13.0. The molecule has 0 aliphatic carbocycles. The van der Waals surface area contributed by atoms with Gasteiger partial charge in [0.2, 0.25) is 10.0 Å². The van der Waals surface area contributed by atoms with Crippen LogP contribution in [0.2, 0.25) is 0 Å². The van der Waals surface area contributed by atoms with Gasteiger partial charge in [0.1, 0.15) is 5.75 Å². The Labute approximate surface area is 131 Å². The Bertz CT molecular complexity index is 718. The number of piperidine rings is 1. The Morgan fingerprint density at radius 2 is 1.50 bits per heavy atom. The van der Waals surface area contributed by atoms with Crippen LogP contribution in [0, 0.1) is 0 Å². The number of sulfonamides is 1. The molecule has 0 unspecified atom stereocenters. The molecule has 0 atom stereocenters. The van der Waals surface area contributed by atoms with Crippen LogP contribution in [0.3, 0.4) is 0 Å². The van der Waals surface area contributed by atoms with Crippen LogP contribution in [-0.4, -0.2) is 30.9 Å². The van der Waals surface area contributed by atoms with Crippen LogP contribution in [0.5, 0.6) is 5.75 Å². The van der Waals surface area contributed by atoms with Crippen LogP contribution < -0.4 is 0 Å². The predicted molar refractivity (Wildman–Crippen MR) is 85.3 cm³/mol. The molecule has 1 aliphatic heterocycles. The Hall–Kier alpha value is -1.85. The lowest BCUT2D eigenvalue weighted by atomic mass is 9.90. The third-order valence-corrected chi connectivity index (χ3v) is 6.11. The molecule has 2 aromatic carbocycles. The standard InChI is InChI=1S/C17H19NO3S/c19-16-6-8-17(9-7-16)22(20,21)18-12-10-15(11-13-18)14-4-2-1-3-5-14/h1-9,15,19H,10-13H2. The highest BCUT2D eigenvalue weighted by atomic mass is 32.2. The third kappa shape index (κ3) is 3.00. The van der Waals surface area contributed by atoms with Gasteiger partial charge in [-0.25, -0.2) is 8.42 Å². The molecular weight excluding hydrogens is 298 g/mol. The van der Waals surface area contributed by atoms with E-state index in [0.29, 0.717) is 19.0 Å². The number of phenolic OH excluding ortho intramolecular Hbond substituents is 1. The molecular formula is C17H19NO3S. The lowest BCUT2D eigenvalue weighted by molar-refractivity contribution is 0.319. The van der Waals surface area contributed by atoms with Gasteiger partial charge in [0, 0.05) is 13.1 Å². The molecule has 0 bridgehead atoms. The first-order valence-corrected chi connectivity index (χ1v) is 8.85. The van der Waals surface area contributed by atoms with Gasteiger partial charge < -0.3 is 5.11 Å². The minimum absolute atomic E-state index is 0.0711. The van der Waals surface area contributed by atoms with Gasteiger partial charge in [-0.1, -0.05) is 30.3 Å². The maximum Gasteiger partial charge on any atom is 0.243 e. The van der Waals surface area contributed by atoms with Crippen molar-refractivity contribution in [2.24, 2.45) is 0 Å². The molecule has 1 fully saturated rings. The van der Waals surface area contributed by atoms with Crippen molar-refractivity contribution < 1.29 is 13.5 Å². The summed E-state index contributed by atoms with van der Waals surface area (Å²) < 4.78 is 26.7. The van der Waals surface area contributed by atoms with E-state index in [-0.39, 0.29) is 10.6 Å². The van der Waals surface area contributed by atoms with E-state index in [0.717, 1.165) is 12.8 Å². The molecule has 1 aliphatic rings. The summed E-state index contributed by atoms with van der Waals surface area (Å²) in [5.41, 5.74) is 1.28. The van der Waals surface area contributed by atoms with Crippen LogP contribution in [-0.2, 0) is 10.0 Å². The Morgan fingerprint density at radius 3 is 2.09 bits per heavy atom. The van der Waals surface area contributed by atoms with E-state index in [4.69, 9.17) is 0 Å². The molecule has 0 amide bonds. The summed E-state index contributed by atoms with van der Waals surface area (Å²) in [6, 6.07) is 16.0. The van der Waals surface area contributed by atoms with E-state index in [1.54, 1.807) is 4.31 Å². The monoisotopic (exact) mass is 317 g/mol. The first kappa shape index (κ1) is 15.1. The quantitative estimate of drug-likeness (QED) is 0.947. The maximum atomic E-state index is 12.6. The van der Waals surface area contributed by atoms with Gasteiger partial charge in [0.25, 0.3) is 0 Å². The minimum Gasteiger partial charge on any atom is -0.508 e. The van der Waals surface area contributed by atoms with E-state index in [9.17, 15) is 13.5 Å². The zero-order valence-electron chi connectivity index (χ0n) is 12.2. The second-order valence-corrected chi connectivity index (χ2v) is 7.52. The summed E-state index contributed by atoms with van der Waals surface area (Å²) in [5, 5.41) is 9.29. The summed E-state index contributed by atoms with van der Waals surface area (Å²) >= 11 is 0. The summed E-state index contributed by atoms with van der Waals surface area (Å²) in [6.07, 6.45) is 1.67. The Kier molecular flexibility index (Phi) is 4.18. The molecule has 0 spiro atoms. The number of aromatic hydroxyl groups is 1. The van der Waals surface area contributed by atoms with Crippen LogP contribution >= 0.6 is 0 Å². The van der Waals surface area contributed by atoms with Crippen molar-refractivity contribution in [3.63, 3.8) is 0 Å². The van der Waals surface area contributed by atoms with Crippen molar-refractivity contribution in [2.45, 2.75) is 23.7 Å². The molecule has 1 saturated heterocycles. The van der Waals surface area contributed by atoms with Crippen molar-refractivity contribution in [3.05, 3.63) is 60.2 Å². The smallest absolute Gasteiger partial charge is 0.243 e. The van der Waals surface area contributed by atoms with Crippen molar-refractivity contribution in [2.75, 3.05) is 13.1 Å². The van der Waals surface area contributed by atoms with Crippen molar-refractivity contribution in [1.29, 1.82) is 0 Å². The molecule has 5 heteroatoms. The zero-order chi connectivity index (χ0) is 15.6. The van der Waals surface area contributed by atoms with E-state index in [1.807, 2.05) is 18.2 Å². The molecule has 3 rings (SSSR count). The lowest BCUT2D eigenvalue weighted by Crippen LogP contribution is -2.37. The Balaban J connectivity index is 1.72. The van der Waals surface area contributed by atoms with Crippen LogP contribution in [0.4, 0.5) is 0 Å². The average Bonchev–Trinajstić information content (AvgIpc) is 2.56. The van der Waals surface area contributed by atoms with Crippen molar-refractivity contribution in [1.82, 2.24) is 4.31 Å². The topological polar surface area (TPSA) is 57.6 Å². The van der Waals surface area contributed by atoms with Crippen molar-refractivity contribution in [3.8, 4) is 5.75 Å². The number of rotatable bonds is 3. The summed E-state index contributed by atoms with van der Waals surface area (Å²) in [5.74, 6) is 0.495. The minimum atomic E-state index is -3.46. The highest BCUT2D eigenvalue weighted by Gasteiger charge is 2.29. The van der Waals surface area contributed by atoms with Gasteiger partial charge >= 0.3 is 0 Å². The summed E-state index contributed by atoms with van der Waals surface area (Å²) in [4.78, 5) is 0.239. The van der Waals surface area contributed by atoms with E-state index in [1.165, 1.54) is 29.8 Å². The molecule has 2 aromatic rings. The van der Waals surface area contributed by atoms with E-state index >= 15 is 0 Å². The van der Waals surface area contributed by atoms with Gasteiger partial charge in [0.05, 0.1) is 4.90 Å². The number of hydrogen-bond donors (Lipinski definition) is 1. The molecule has 0 aromatic heterocycles. The highest BCUT2D eigenvalue weighted by Crippen LogP contribution is 2.30. The largest absolute Gasteiger partial charge is 0.508 e. The molecule has 4 nitrogen and oxygen atoms in total. The average molecular weight is 317 g/mol. The lowest BCUT2D eigenvalue weighted by Gasteiger charge is -2.31. The first-order chi connectivity index (χ1) is 10.6. The van der Waals surface area contributed by atoms with Crippen LogP contribution in [0.1, 0.15) is 24.3 Å². The van der Waals surface area contributed by atoms with Gasteiger partial charge in [0.15, 0.2) is 0 Å². The third-order valence-electron chi connectivity index (χ3n) is 4.20. The number of phenols is 1. The fourth-order valence-electron chi connectivity index (χ4n) is 2.92. The van der Waals surface area contributed by atoms with Crippen molar-refractivity contribution >= 4 is 10.0 Å². The van der Waals surface area contributed by atoms with Gasteiger partial charge in [-0.15, -0.1) is 0 Å². The second kappa shape index (κ2) is 6.10. The number of nitrogens with zero attached hydrogens (tertiary/aromatic N) is 1. The SMILES string of the molecule is O=S(=O)(c1ccc(O)cc1)N1CCC(c2ccccc2)CC1. The van der Waals surface area contributed by atoms with Gasteiger partial charge in [-0.05, 0) is 48.6 Å². The molecule has 22 heavy (non-hydrogen) atoms. The normalized spacial score (nSPS) is 17.5. The molecule has 116 valence electrons. The number of benzene rings is 2. The summed E-state index contributed by atoms with van der Waals surface area (Å²) in [6.45, 7) is 1.06. The molecule has 1 heterocycles. The molecule has 1 N–H and O–H groups in total. The van der Waals surface area contributed by atoms with Crippen LogP contribution in [0.25, 0.3) is 0 Å². The van der Waals surface area contributed by atoms with E-state index in [2.05, 4.69) is 12.1 Å². The van der Waals surface area contributed by atoms with Gasteiger partial charge in [-0.3, -0.25) is 0 Å². The molecule has 0 saturated carbocycles. The predicted octanol–water partition coefficient (Wildman–Crippen LogP) is 2.96.